The van der Waals surface area contributed by atoms with Crippen molar-refractivity contribution in [3.05, 3.63) is 62.9 Å². The van der Waals surface area contributed by atoms with Crippen LogP contribution in [0.15, 0.2) is 50.4 Å². The van der Waals surface area contributed by atoms with Crippen LogP contribution in [0.1, 0.15) is 5.56 Å². The molecule has 0 spiro atoms. The van der Waals surface area contributed by atoms with Gasteiger partial charge in [-0.25, -0.2) is 9.59 Å². The van der Waals surface area contributed by atoms with E-state index in [0.29, 0.717) is 17.0 Å². The van der Waals surface area contributed by atoms with E-state index in [2.05, 4.69) is 0 Å². The van der Waals surface area contributed by atoms with Gasteiger partial charge in [-0.05, 0) is 17.7 Å². The number of ether oxygens (including phenoxy) is 3. The number of methoxy groups -OCH3 is 3. The maximum absolute atomic E-state index is 12.3. The minimum atomic E-state index is -0.747. The van der Waals surface area contributed by atoms with Gasteiger partial charge in [0, 0.05) is 12.1 Å². The van der Waals surface area contributed by atoms with Crippen molar-refractivity contribution in [2.45, 2.75) is 6.54 Å². The van der Waals surface area contributed by atoms with Crippen LogP contribution in [0.5, 0.6) is 17.2 Å². The molecule has 0 N–H and O–H groups in total. The van der Waals surface area contributed by atoms with E-state index < -0.39 is 11.4 Å². The van der Waals surface area contributed by atoms with Gasteiger partial charge in [0.2, 0.25) is 0 Å². The van der Waals surface area contributed by atoms with E-state index in [1.165, 1.54) is 18.8 Å². The van der Waals surface area contributed by atoms with Crippen molar-refractivity contribution in [1.82, 2.24) is 4.57 Å². The number of nitrogens with zero attached hydrogens (tertiary/aromatic N) is 1. The zero-order chi connectivity index (χ0) is 18.0. The lowest BCUT2D eigenvalue weighted by molar-refractivity contribution is 0.390. The van der Waals surface area contributed by atoms with Crippen LogP contribution in [-0.2, 0) is 6.54 Å². The number of hydrogen-bond donors (Lipinski definition) is 0. The van der Waals surface area contributed by atoms with Gasteiger partial charge in [-0.3, -0.25) is 4.57 Å². The third-order valence-corrected chi connectivity index (χ3v) is 3.91. The lowest BCUT2D eigenvalue weighted by Crippen LogP contribution is -2.25. The zero-order valence-corrected chi connectivity index (χ0v) is 14.1. The molecule has 0 fully saturated rings. The van der Waals surface area contributed by atoms with Crippen LogP contribution in [-0.4, -0.2) is 25.9 Å². The topological polar surface area (TPSA) is 79.9 Å². The number of hydrogen-bond acceptors (Lipinski definition) is 6. The van der Waals surface area contributed by atoms with Gasteiger partial charge < -0.3 is 18.6 Å². The summed E-state index contributed by atoms with van der Waals surface area (Å²) in [6.07, 6.45) is 0. The highest BCUT2D eigenvalue weighted by atomic mass is 16.5. The second-order valence-corrected chi connectivity index (χ2v) is 5.31. The molecule has 7 nitrogen and oxygen atoms in total. The molecule has 0 bridgehead atoms. The van der Waals surface area contributed by atoms with Crippen LogP contribution in [0, 0.1) is 0 Å². The summed E-state index contributed by atoms with van der Waals surface area (Å²) in [7, 11) is 4.52. The van der Waals surface area contributed by atoms with Crippen LogP contribution in [0.4, 0.5) is 0 Å². The average Bonchev–Trinajstić information content (AvgIpc) is 2.64. The van der Waals surface area contributed by atoms with Crippen molar-refractivity contribution in [2.75, 3.05) is 21.3 Å². The maximum Gasteiger partial charge on any atom is 0.422 e. The minimum absolute atomic E-state index is 0.191. The third-order valence-electron chi connectivity index (χ3n) is 3.91. The Morgan fingerprint density at radius 3 is 2.20 bits per heavy atom. The highest BCUT2D eigenvalue weighted by Gasteiger charge is 2.16. The molecule has 0 amide bonds. The molecular formula is C18H17NO6. The van der Waals surface area contributed by atoms with Crippen molar-refractivity contribution in [1.29, 1.82) is 0 Å². The molecule has 3 aromatic rings. The molecule has 1 aromatic heterocycles. The highest BCUT2D eigenvalue weighted by Crippen LogP contribution is 2.28. The molecule has 2 aromatic carbocycles. The average molecular weight is 343 g/mol. The van der Waals surface area contributed by atoms with E-state index in [1.54, 1.807) is 31.4 Å². The summed E-state index contributed by atoms with van der Waals surface area (Å²) in [4.78, 5) is 24.4. The molecule has 130 valence electrons. The molecule has 0 saturated carbocycles. The van der Waals surface area contributed by atoms with Crippen molar-refractivity contribution < 1.29 is 18.6 Å². The fourth-order valence-corrected chi connectivity index (χ4v) is 2.62. The molecule has 0 aliphatic rings. The summed E-state index contributed by atoms with van der Waals surface area (Å²) >= 11 is 0. The Morgan fingerprint density at radius 2 is 1.60 bits per heavy atom. The van der Waals surface area contributed by atoms with Crippen LogP contribution < -0.4 is 25.6 Å². The Labute approximate surface area is 143 Å². The highest BCUT2D eigenvalue weighted by molar-refractivity contribution is 5.86. The number of rotatable bonds is 5. The lowest BCUT2D eigenvalue weighted by atomic mass is 10.2. The number of benzene rings is 2. The van der Waals surface area contributed by atoms with E-state index >= 15 is 0 Å². The lowest BCUT2D eigenvalue weighted by Gasteiger charge is -2.12. The first-order valence-electron chi connectivity index (χ1n) is 7.50. The fourth-order valence-electron chi connectivity index (χ4n) is 2.62. The maximum atomic E-state index is 12.3. The van der Waals surface area contributed by atoms with Crippen LogP contribution in [0.3, 0.4) is 0 Å². The normalized spacial score (nSPS) is 10.7. The molecule has 0 aliphatic carbocycles. The van der Waals surface area contributed by atoms with Crippen molar-refractivity contribution >= 4 is 10.9 Å². The minimum Gasteiger partial charge on any atom is -0.497 e. The number of aromatic nitrogens is 1. The first kappa shape index (κ1) is 16.6. The predicted octanol–water partition coefficient (Wildman–Crippen LogP) is 2.03. The first-order valence-corrected chi connectivity index (χ1v) is 7.50. The monoisotopic (exact) mass is 343 g/mol. The van der Waals surface area contributed by atoms with Crippen molar-refractivity contribution in [2.24, 2.45) is 0 Å². The van der Waals surface area contributed by atoms with Gasteiger partial charge in [0.05, 0.1) is 33.4 Å². The summed E-state index contributed by atoms with van der Waals surface area (Å²) < 4.78 is 21.8. The summed E-state index contributed by atoms with van der Waals surface area (Å²) in [5.74, 6) is 0.719. The zero-order valence-electron chi connectivity index (χ0n) is 14.1. The standard InChI is InChI=1S/C18H17NO6/c1-22-12-6-4-11(5-7-12)10-19-14-8-13(23-2)9-15(24-3)16(14)17(20)25-18(19)21/h4-9H,10H2,1-3H3. The van der Waals surface area contributed by atoms with Gasteiger partial charge in [0.1, 0.15) is 22.6 Å². The van der Waals surface area contributed by atoms with E-state index in [-0.39, 0.29) is 17.7 Å². The SMILES string of the molecule is COc1ccc(Cn2c(=O)oc(=O)c3c(OC)cc(OC)cc32)cc1. The fraction of sp³-hybridized carbons (Fsp3) is 0.222. The Hall–Kier alpha value is -3.22. The molecule has 7 heteroatoms. The first-order chi connectivity index (χ1) is 12.1. The van der Waals surface area contributed by atoms with Gasteiger partial charge >= 0.3 is 11.4 Å². The van der Waals surface area contributed by atoms with Crippen molar-refractivity contribution in [3.63, 3.8) is 0 Å². The Kier molecular flexibility index (Phi) is 4.47. The Balaban J connectivity index is 2.22. The molecule has 0 radical (unpaired) electrons. The van der Waals surface area contributed by atoms with Gasteiger partial charge in [0.15, 0.2) is 0 Å². The molecule has 25 heavy (non-hydrogen) atoms. The molecule has 0 saturated heterocycles. The quantitative estimate of drug-likeness (QED) is 0.705. The van der Waals surface area contributed by atoms with Crippen LogP contribution in [0.25, 0.3) is 10.9 Å². The molecular weight excluding hydrogens is 326 g/mol. The predicted molar refractivity (Wildman–Crippen MR) is 91.9 cm³/mol. The van der Waals surface area contributed by atoms with Gasteiger partial charge in [0.25, 0.3) is 0 Å². The Morgan fingerprint density at radius 1 is 0.920 bits per heavy atom. The molecule has 0 unspecified atom stereocenters. The van der Waals surface area contributed by atoms with Gasteiger partial charge in [-0.2, -0.15) is 0 Å². The second kappa shape index (κ2) is 6.72. The van der Waals surface area contributed by atoms with E-state index in [9.17, 15) is 9.59 Å². The summed E-state index contributed by atoms with van der Waals surface area (Å²) in [5, 5.41) is 0.191. The Bertz CT molecular complexity index is 1020. The summed E-state index contributed by atoms with van der Waals surface area (Å²) in [6.45, 7) is 0.222. The van der Waals surface area contributed by atoms with Gasteiger partial charge in [-0.1, -0.05) is 12.1 Å². The van der Waals surface area contributed by atoms with E-state index in [1.807, 2.05) is 12.1 Å². The molecule has 3 rings (SSSR count). The van der Waals surface area contributed by atoms with Crippen LogP contribution >= 0.6 is 0 Å². The number of fused-ring (bicyclic) bond motifs is 1. The van der Waals surface area contributed by atoms with Crippen molar-refractivity contribution in [3.8, 4) is 17.2 Å². The van der Waals surface area contributed by atoms with Gasteiger partial charge in [-0.15, -0.1) is 0 Å². The summed E-state index contributed by atoms with van der Waals surface area (Å²) in [5.41, 5.74) is 0.485. The van der Waals surface area contributed by atoms with E-state index in [0.717, 1.165) is 5.56 Å². The largest absolute Gasteiger partial charge is 0.497 e. The van der Waals surface area contributed by atoms with E-state index in [4.69, 9.17) is 18.6 Å². The third kappa shape index (κ3) is 3.08. The smallest absolute Gasteiger partial charge is 0.422 e. The van der Waals surface area contributed by atoms with Crippen LogP contribution in [0.2, 0.25) is 0 Å². The summed E-state index contributed by atoms with van der Waals surface area (Å²) in [6, 6.07) is 10.4. The molecule has 0 aliphatic heterocycles. The molecule has 0 atom stereocenters. The molecule has 1 heterocycles. The second-order valence-electron chi connectivity index (χ2n) is 5.31.